The summed E-state index contributed by atoms with van der Waals surface area (Å²) in [6.45, 7) is 4.38. The van der Waals surface area contributed by atoms with E-state index in [0.717, 1.165) is 0 Å². The van der Waals surface area contributed by atoms with Crippen molar-refractivity contribution in [3.63, 3.8) is 0 Å². The summed E-state index contributed by atoms with van der Waals surface area (Å²) in [4.78, 5) is 21.9. The number of rotatable bonds is 7. The van der Waals surface area contributed by atoms with Gasteiger partial charge in [-0.25, -0.2) is 0 Å². The Morgan fingerprint density at radius 2 is 2.00 bits per heavy atom. The van der Waals surface area contributed by atoms with Crippen LogP contribution in [0.1, 0.15) is 26.7 Å². The maximum atomic E-state index is 11.1. The van der Waals surface area contributed by atoms with Gasteiger partial charge in [0.2, 0.25) is 5.91 Å². The zero-order valence-corrected chi connectivity index (χ0v) is 9.32. The van der Waals surface area contributed by atoms with E-state index < -0.39 is 11.9 Å². The van der Waals surface area contributed by atoms with Crippen LogP contribution in [0.3, 0.4) is 0 Å². The van der Waals surface area contributed by atoms with Crippen LogP contribution in [0.5, 0.6) is 0 Å². The Balaban J connectivity index is 3.96. The molecular weight excluding hydrogens is 196 g/mol. The second-order valence-electron chi connectivity index (χ2n) is 4.01. The molecule has 0 spiro atoms. The highest BCUT2D eigenvalue weighted by atomic mass is 16.4. The van der Waals surface area contributed by atoms with E-state index >= 15 is 0 Å². The minimum atomic E-state index is -0.864. The molecule has 0 aliphatic rings. The normalized spacial score (nSPS) is 12.5. The fraction of sp³-hybridized carbons (Fsp3) is 0.800. The standard InChI is InChI=1S/C10H20N2O3/c1-7(2)5-8(10(14)15)6-12-9(13)3-4-11/h7-8H,3-6,11H2,1-2H3,(H,12,13)(H,14,15). The van der Waals surface area contributed by atoms with Crippen molar-refractivity contribution in [1.29, 1.82) is 0 Å². The van der Waals surface area contributed by atoms with Gasteiger partial charge in [0.15, 0.2) is 0 Å². The summed E-state index contributed by atoms with van der Waals surface area (Å²) in [7, 11) is 0. The minimum absolute atomic E-state index is 0.187. The van der Waals surface area contributed by atoms with Crippen LogP contribution in [0.4, 0.5) is 0 Å². The van der Waals surface area contributed by atoms with Gasteiger partial charge in [-0.15, -0.1) is 0 Å². The maximum absolute atomic E-state index is 11.1. The van der Waals surface area contributed by atoms with Gasteiger partial charge in [0, 0.05) is 19.5 Å². The third-order valence-electron chi connectivity index (χ3n) is 2.02. The molecule has 0 rings (SSSR count). The van der Waals surface area contributed by atoms with Crippen molar-refractivity contribution in [1.82, 2.24) is 5.32 Å². The quantitative estimate of drug-likeness (QED) is 0.566. The fourth-order valence-corrected chi connectivity index (χ4v) is 1.30. The van der Waals surface area contributed by atoms with Gasteiger partial charge in [-0.1, -0.05) is 13.8 Å². The van der Waals surface area contributed by atoms with Crippen LogP contribution in [-0.4, -0.2) is 30.1 Å². The zero-order chi connectivity index (χ0) is 11.8. The van der Waals surface area contributed by atoms with Gasteiger partial charge in [0.05, 0.1) is 5.92 Å². The third-order valence-corrected chi connectivity index (χ3v) is 2.02. The van der Waals surface area contributed by atoms with Gasteiger partial charge in [-0.05, 0) is 12.3 Å². The molecule has 1 amide bonds. The highest BCUT2D eigenvalue weighted by Crippen LogP contribution is 2.10. The average molecular weight is 216 g/mol. The summed E-state index contributed by atoms with van der Waals surface area (Å²) in [5, 5.41) is 11.5. The summed E-state index contributed by atoms with van der Waals surface area (Å²) in [5.41, 5.74) is 5.20. The summed E-state index contributed by atoms with van der Waals surface area (Å²) < 4.78 is 0. The van der Waals surface area contributed by atoms with Crippen LogP contribution in [0.15, 0.2) is 0 Å². The molecule has 0 fully saturated rings. The second kappa shape index (κ2) is 7.23. The topological polar surface area (TPSA) is 92.4 Å². The fourth-order valence-electron chi connectivity index (χ4n) is 1.30. The molecule has 5 nitrogen and oxygen atoms in total. The Morgan fingerprint density at radius 3 is 2.40 bits per heavy atom. The molecule has 88 valence electrons. The van der Waals surface area contributed by atoms with Gasteiger partial charge in [0.1, 0.15) is 0 Å². The van der Waals surface area contributed by atoms with E-state index in [2.05, 4.69) is 5.32 Å². The molecular formula is C10H20N2O3. The number of carbonyl (C=O) groups excluding carboxylic acids is 1. The minimum Gasteiger partial charge on any atom is -0.481 e. The van der Waals surface area contributed by atoms with Gasteiger partial charge in [0.25, 0.3) is 0 Å². The molecule has 0 bridgehead atoms. The smallest absolute Gasteiger partial charge is 0.308 e. The van der Waals surface area contributed by atoms with Crippen LogP contribution in [0.25, 0.3) is 0 Å². The predicted molar refractivity (Wildman–Crippen MR) is 57.3 cm³/mol. The summed E-state index contributed by atoms with van der Waals surface area (Å²) >= 11 is 0. The van der Waals surface area contributed by atoms with E-state index in [9.17, 15) is 9.59 Å². The molecule has 0 saturated carbocycles. The number of carboxylic acids is 1. The molecule has 0 aromatic heterocycles. The Morgan fingerprint density at radius 1 is 1.40 bits per heavy atom. The van der Waals surface area contributed by atoms with Gasteiger partial charge < -0.3 is 16.2 Å². The van der Waals surface area contributed by atoms with Crippen molar-refractivity contribution in [2.75, 3.05) is 13.1 Å². The first kappa shape index (κ1) is 13.9. The first-order valence-corrected chi connectivity index (χ1v) is 5.17. The van der Waals surface area contributed by atoms with Crippen LogP contribution in [-0.2, 0) is 9.59 Å². The van der Waals surface area contributed by atoms with E-state index in [4.69, 9.17) is 10.8 Å². The van der Waals surface area contributed by atoms with E-state index in [1.165, 1.54) is 0 Å². The highest BCUT2D eigenvalue weighted by molar-refractivity contribution is 5.77. The predicted octanol–water partition coefficient (Wildman–Crippen LogP) is 0.198. The molecule has 0 aliphatic heterocycles. The Labute approximate surface area is 90.0 Å². The summed E-state index contributed by atoms with van der Waals surface area (Å²) in [5.74, 6) is -1.26. The van der Waals surface area contributed by atoms with E-state index in [1.54, 1.807) is 0 Å². The molecule has 1 atom stereocenters. The summed E-state index contributed by atoms with van der Waals surface area (Å²) in [6.07, 6.45) is 0.812. The largest absolute Gasteiger partial charge is 0.481 e. The second-order valence-corrected chi connectivity index (χ2v) is 4.01. The highest BCUT2D eigenvalue weighted by Gasteiger charge is 2.19. The molecule has 15 heavy (non-hydrogen) atoms. The summed E-state index contributed by atoms with van der Waals surface area (Å²) in [6, 6.07) is 0. The average Bonchev–Trinajstić information content (AvgIpc) is 2.11. The first-order chi connectivity index (χ1) is 6.97. The third kappa shape index (κ3) is 6.90. The van der Waals surface area contributed by atoms with Crippen molar-refractivity contribution in [3.05, 3.63) is 0 Å². The van der Waals surface area contributed by atoms with Crippen molar-refractivity contribution >= 4 is 11.9 Å². The van der Waals surface area contributed by atoms with Crippen LogP contribution < -0.4 is 11.1 Å². The number of amides is 1. The molecule has 0 aromatic rings. The molecule has 0 heterocycles. The SMILES string of the molecule is CC(C)CC(CNC(=O)CCN)C(=O)O. The lowest BCUT2D eigenvalue weighted by Gasteiger charge is -2.15. The molecule has 0 aromatic carbocycles. The number of hydrogen-bond donors (Lipinski definition) is 3. The number of hydrogen-bond acceptors (Lipinski definition) is 3. The van der Waals surface area contributed by atoms with Crippen LogP contribution >= 0.6 is 0 Å². The van der Waals surface area contributed by atoms with E-state index in [1.807, 2.05) is 13.8 Å². The number of carbonyl (C=O) groups is 2. The van der Waals surface area contributed by atoms with Crippen LogP contribution in [0.2, 0.25) is 0 Å². The zero-order valence-electron chi connectivity index (χ0n) is 9.32. The molecule has 0 radical (unpaired) electrons. The van der Waals surface area contributed by atoms with Crippen molar-refractivity contribution in [2.45, 2.75) is 26.7 Å². The lowest BCUT2D eigenvalue weighted by molar-refractivity contribution is -0.142. The molecule has 0 saturated heterocycles. The number of carboxylic acid groups (broad SMARTS) is 1. The van der Waals surface area contributed by atoms with Crippen molar-refractivity contribution in [3.8, 4) is 0 Å². The Bertz CT molecular complexity index is 217. The number of aliphatic carboxylic acids is 1. The molecule has 4 N–H and O–H groups in total. The molecule has 5 heteroatoms. The van der Waals surface area contributed by atoms with E-state index in [0.29, 0.717) is 12.3 Å². The van der Waals surface area contributed by atoms with Gasteiger partial charge in [-0.2, -0.15) is 0 Å². The van der Waals surface area contributed by atoms with Gasteiger partial charge >= 0.3 is 5.97 Å². The Kier molecular flexibility index (Phi) is 6.70. The monoisotopic (exact) mass is 216 g/mol. The Hall–Kier alpha value is -1.10. The van der Waals surface area contributed by atoms with Crippen molar-refractivity contribution in [2.24, 2.45) is 17.6 Å². The number of nitrogens with one attached hydrogen (secondary N) is 1. The van der Waals surface area contributed by atoms with Crippen LogP contribution in [0, 0.1) is 11.8 Å². The maximum Gasteiger partial charge on any atom is 0.308 e. The molecule has 1 unspecified atom stereocenters. The number of nitrogens with two attached hydrogens (primary N) is 1. The van der Waals surface area contributed by atoms with E-state index in [-0.39, 0.29) is 25.4 Å². The lowest BCUT2D eigenvalue weighted by atomic mass is 9.97. The lowest BCUT2D eigenvalue weighted by Crippen LogP contribution is -2.34. The van der Waals surface area contributed by atoms with Crippen molar-refractivity contribution < 1.29 is 14.7 Å². The van der Waals surface area contributed by atoms with Gasteiger partial charge in [-0.3, -0.25) is 9.59 Å². The molecule has 0 aliphatic carbocycles. The first-order valence-electron chi connectivity index (χ1n) is 5.17.